The van der Waals surface area contributed by atoms with Gasteiger partial charge in [-0.3, -0.25) is 4.79 Å². The zero-order valence-corrected chi connectivity index (χ0v) is 15.6. The number of aromatic nitrogens is 2. The number of urea groups is 1. The predicted molar refractivity (Wildman–Crippen MR) is 101 cm³/mol. The summed E-state index contributed by atoms with van der Waals surface area (Å²) in [7, 11) is 0. The number of carbonyl (C=O) groups excluding carboxylic acids is 2. The summed E-state index contributed by atoms with van der Waals surface area (Å²) in [5.74, 6) is -0.0894. The second kappa shape index (κ2) is 7.78. The third-order valence-corrected chi connectivity index (χ3v) is 4.96. The van der Waals surface area contributed by atoms with Crippen LogP contribution in [0.4, 0.5) is 10.5 Å². The minimum Gasteiger partial charge on any atom is -0.348 e. The van der Waals surface area contributed by atoms with Crippen molar-refractivity contribution in [3.05, 3.63) is 46.5 Å². The van der Waals surface area contributed by atoms with Gasteiger partial charge >= 0.3 is 6.03 Å². The van der Waals surface area contributed by atoms with E-state index in [4.69, 9.17) is 11.6 Å². The fourth-order valence-electron chi connectivity index (χ4n) is 2.91. The average Bonchev–Trinajstić information content (AvgIpc) is 3.13. The summed E-state index contributed by atoms with van der Waals surface area (Å²) in [4.78, 5) is 35.6. The molecular weight excluding hydrogens is 354 g/mol. The van der Waals surface area contributed by atoms with Gasteiger partial charge in [0.25, 0.3) is 5.91 Å². The first kappa shape index (κ1) is 18.3. The number of rotatable bonds is 3. The Morgan fingerprint density at radius 2 is 1.92 bits per heavy atom. The number of H-pyrrole nitrogens is 1. The van der Waals surface area contributed by atoms with Crippen LogP contribution in [0.15, 0.2) is 24.5 Å². The zero-order valence-electron chi connectivity index (χ0n) is 14.9. The highest BCUT2D eigenvalue weighted by Crippen LogP contribution is 2.20. The number of hydrogen-bond donors (Lipinski definition) is 2. The van der Waals surface area contributed by atoms with Crippen molar-refractivity contribution in [2.24, 2.45) is 0 Å². The monoisotopic (exact) mass is 375 g/mol. The number of imidazole rings is 1. The Kier molecular flexibility index (Phi) is 5.46. The maximum Gasteiger partial charge on any atom is 0.321 e. The molecule has 3 amide bonds. The number of carbonyl (C=O) groups is 2. The number of halogens is 1. The van der Waals surface area contributed by atoms with E-state index in [1.54, 1.807) is 22.2 Å². The highest BCUT2D eigenvalue weighted by Gasteiger charge is 2.27. The molecule has 0 radical (unpaired) electrons. The topological polar surface area (TPSA) is 81.3 Å². The first-order valence-electron chi connectivity index (χ1n) is 8.63. The van der Waals surface area contributed by atoms with Gasteiger partial charge in [-0.25, -0.2) is 9.78 Å². The molecule has 8 heteroatoms. The van der Waals surface area contributed by atoms with E-state index in [1.807, 2.05) is 26.0 Å². The molecule has 1 fully saturated rings. The normalized spacial score (nSPS) is 14.4. The van der Waals surface area contributed by atoms with Crippen LogP contribution in [0.2, 0.25) is 5.02 Å². The molecule has 0 saturated carbocycles. The van der Waals surface area contributed by atoms with Crippen molar-refractivity contribution in [1.29, 1.82) is 0 Å². The van der Waals surface area contributed by atoms with E-state index < -0.39 is 0 Å². The van der Waals surface area contributed by atoms with Crippen LogP contribution in [0.1, 0.15) is 28.7 Å². The van der Waals surface area contributed by atoms with E-state index >= 15 is 0 Å². The number of nitrogens with one attached hydrogen (secondary N) is 2. The van der Waals surface area contributed by atoms with Crippen molar-refractivity contribution in [1.82, 2.24) is 19.8 Å². The van der Waals surface area contributed by atoms with Crippen molar-refractivity contribution >= 4 is 29.2 Å². The molecule has 26 heavy (non-hydrogen) atoms. The Hall–Kier alpha value is -2.54. The number of hydrogen-bond acceptors (Lipinski definition) is 3. The minimum absolute atomic E-state index is 0.0894. The zero-order chi connectivity index (χ0) is 18.7. The Labute approximate surface area is 157 Å². The Balaban J connectivity index is 1.57. The van der Waals surface area contributed by atoms with Gasteiger partial charge in [0.1, 0.15) is 5.69 Å². The van der Waals surface area contributed by atoms with E-state index in [9.17, 15) is 9.59 Å². The van der Waals surface area contributed by atoms with E-state index in [1.165, 1.54) is 0 Å². The van der Waals surface area contributed by atoms with Crippen molar-refractivity contribution in [2.45, 2.75) is 20.3 Å². The summed E-state index contributed by atoms with van der Waals surface area (Å²) in [6.07, 6.45) is 2.27. The van der Waals surface area contributed by atoms with Gasteiger partial charge in [-0.05, 0) is 31.0 Å². The molecule has 2 N–H and O–H groups in total. The van der Waals surface area contributed by atoms with Gasteiger partial charge in [-0.2, -0.15) is 0 Å². The van der Waals surface area contributed by atoms with Gasteiger partial charge < -0.3 is 20.1 Å². The first-order valence-corrected chi connectivity index (χ1v) is 9.01. The van der Waals surface area contributed by atoms with Gasteiger partial charge in [0, 0.05) is 42.6 Å². The molecular formula is C18H22ClN5O2. The largest absolute Gasteiger partial charge is 0.348 e. The molecule has 7 nitrogen and oxygen atoms in total. The molecule has 0 unspecified atom stereocenters. The fraction of sp³-hybridized carbons (Fsp3) is 0.389. The van der Waals surface area contributed by atoms with E-state index in [0.29, 0.717) is 42.6 Å². The second-order valence-electron chi connectivity index (χ2n) is 6.26. The van der Waals surface area contributed by atoms with E-state index in [2.05, 4.69) is 15.3 Å². The first-order chi connectivity index (χ1) is 12.5. The highest BCUT2D eigenvalue weighted by atomic mass is 35.5. The van der Waals surface area contributed by atoms with Crippen LogP contribution >= 0.6 is 11.6 Å². The molecule has 2 heterocycles. The summed E-state index contributed by atoms with van der Waals surface area (Å²) >= 11 is 6.09. The minimum atomic E-state index is -0.189. The van der Waals surface area contributed by atoms with Crippen LogP contribution < -0.4 is 5.32 Å². The van der Waals surface area contributed by atoms with Gasteiger partial charge in [0.15, 0.2) is 0 Å². The Morgan fingerprint density at radius 1 is 1.23 bits per heavy atom. The average molecular weight is 376 g/mol. The Morgan fingerprint density at radius 3 is 2.58 bits per heavy atom. The highest BCUT2D eigenvalue weighted by molar-refractivity contribution is 6.31. The quantitative estimate of drug-likeness (QED) is 0.865. The van der Waals surface area contributed by atoms with Crippen LogP contribution in [0.3, 0.4) is 0 Å². The molecule has 1 aromatic heterocycles. The van der Waals surface area contributed by atoms with Crippen LogP contribution in [0.25, 0.3) is 0 Å². The predicted octanol–water partition coefficient (Wildman–Crippen LogP) is 2.92. The SMILES string of the molecule is CCc1[nH]cnc1C(=O)N1CCN(C(=O)Nc2ccc(C)c(Cl)c2)CC1. The third kappa shape index (κ3) is 3.83. The summed E-state index contributed by atoms with van der Waals surface area (Å²) in [5.41, 5.74) is 2.93. The van der Waals surface area contributed by atoms with Crippen LogP contribution in [0.5, 0.6) is 0 Å². The van der Waals surface area contributed by atoms with Crippen molar-refractivity contribution < 1.29 is 9.59 Å². The molecule has 0 spiro atoms. The number of nitrogens with zero attached hydrogens (tertiary/aromatic N) is 3. The van der Waals surface area contributed by atoms with E-state index in [-0.39, 0.29) is 11.9 Å². The number of aromatic amines is 1. The molecule has 1 aromatic carbocycles. The maximum atomic E-state index is 12.6. The van der Waals surface area contributed by atoms with Crippen molar-refractivity contribution in [2.75, 3.05) is 31.5 Å². The number of piperazine rings is 1. The molecule has 3 rings (SSSR count). The van der Waals surface area contributed by atoms with Crippen molar-refractivity contribution in [3.8, 4) is 0 Å². The lowest BCUT2D eigenvalue weighted by atomic mass is 10.2. The maximum absolute atomic E-state index is 12.6. The molecule has 0 atom stereocenters. The number of aryl methyl sites for hydroxylation is 2. The van der Waals surface area contributed by atoms with E-state index in [0.717, 1.165) is 17.7 Å². The van der Waals surface area contributed by atoms with Gasteiger partial charge in [0.2, 0.25) is 0 Å². The number of anilines is 1. The third-order valence-electron chi connectivity index (χ3n) is 4.55. The molecule has 1 aliphatic heterocycles. The fourth-order valence-corrected chi connectivity index (χ4v) is 3.09. The van der Waals surface area contributed by atoms with Gasteiger partial charge in [0.05, 0.1) is 6.33 Å². The van der Waals surface area contributed by atoms with Crippen molar-refractivity contribution in [3.63, 3.8) is 0 Å². The van der Waals surface area contributed by atoms with Crippen LogP contribution in [-0.2, 0) is 6.42 Å². The smallest absolute Gasteiger partial charge is 0.321 e. The number of amides is 3. The summed E-state index contributed by atoms with van der Waals surface area (Å²) in [6.45, 7) is 5.80. The lowest BCUT2D eigenvalue weighted by Gasteiger charge is -2.34. The molecule has 1 saturated heterocycles. The van der Waals surface area contributed by atoms with Crippen LogP contribution in [-0.4, -0.2) is 57.9 Å². The van der Waals surface area contributed by atoms with Gasteiger partial charge in [-0.1, -0.05) is 24.6 Å². The summed E-state index contributed by atoms with van der Waals surface area (Å²) < 4.78 is 0. The standard InChI is InChI=1S/C18H22ClN5O2/c1-3-15-16(21-11-20-15)17(25)23-6-8-24(9-7-23)18(26)22-13-5-4-12(2)14(19)10-13/h4-5,10-11H,3,6-9H2,1-2H3,(H,20,21)(H,22,26). The molecule has 2 aromatic rings. The Bertz CT molecular complexity index is 812. The molecule has 0 bridgehead atoms. The van der Waals surface area contributed by atoms with Gasteiger partial charge in [-0.15, -0.1) is 0 Å². The molecule has 1 aliphatic rings. The lowest BCUT2D eigenvalue weighted by Crippen LogP contribution is -2.51. The molecule has 0 aliphatic carbocycles. The summed E-state index contributed by atoms with van der Waals surface area (Å²) in [6, 6.07) is 5.23. The number of benzene rings is 1. The lowest BCUT2D eigenvalue weighted by molar-refractivity contribution is 0.0665. The second-order valence-corrected chi connectivity index (χ2v) is 6.66. The molecule has 138 valence electrons. The summed E-state index contributed by atoms with van der Waals surface area (Å²) in [5, 5.41) is 3.47. The van der Waals surface area contributed by atoms with Crippen LogP contribution in [0, 0.1) is 6.92 Å².